The number of nitrogen functional groups attached to an aromatic ring is 3. The number of aliphatic hydroxyl groups excluding tert-OH is 2. The number of aromatic amines is 3. The first kappa shape index (κ1) is 63.6. The van der Waals surface area contributed by atoms with E-state index < -0.39 is 154 Å². The normalized spacial score (nSPS) is 37.7. The van der Waals surface area contributed by atoms with Gasteiger partial charge in [-0.1, -0.05) is 36.7 Å². The van der Waals surface area contributed by atoms with Crippen LogP contribution in [-0.2, 0) is 62.5 Å². The van der Waals surface area contributed by atoms with Crippen LogP contribution in [0.25, 0.3) is 44.7 Å². The lowest BCUT2D eigenvalue weighted by Crippen LogP contribution is -2.34. The third kappa shape index (κ3) is 12.0. The van der Waals surface area contributed by atoms with E-state index in [-0.39, 0.29) is 87.9 Å². The second-order valence-corrected chi connectivity index (χ2v) is 35.9. The molecular weight excluding hydrogens is 1360 g/mol. The van der Waals surface area contributed by atoms with Crippen molar-refractivity contribution >= 4 is 150 Å². The lowest BCUT2D eigenvalue weighted by atomic mass is 10.0. The van der Waals surface area contributed by atoms with E-state index in [1.165, 1.54) is 49.9 Å². The van der Waals surface area contributed by atoms with Gasteiger partial charge in [0.2, 0.25) is 11.9 Å². The number of fused-ring (bicyclic) bond motifs is 10. The van der Waals surface area contributed by atoms with Crippen LogP contribution in [0, 0.1) is 11.8 Å². The number of halogens is 2. The molecule has 20 atom stereocenters. The zero-order valence-electron chi connectivity index (χ0n) is 45.8. The van der Waals surface area contributed by atoms with Crippen LogP contribution in [0.4, 0.5) is 26.5 Å². The van der Waals surface area contributed by atoms with Crippen molar-refractivity contribution in [3.8, 4) is 0 Å². The predicted molar refractivity (Wildman–Crippen MR) is 330 cm³/mol. The number of alkyl halides is 2. The van der Waals surface area contributed by atoms with Gasteiger partial charge in [0.1, 0.15) is 60.9 Å². The second-order valence-electron chi connectivity index (χ2n) is 21.4. The average molecular weight is 1410 g/mol. The highest BCUT2D eigenvalue weighted by Crippen LogP contribution is 2.61. The van der Waals surface area contributed by atoms with Crippen LogP contribution in [-0.4, -0.2) is 206 Å². The van der Waals surface area contributed by atoms with E-state index in [9.17, 15) is 34.1 Å². The second kappa shape index (κ2) is 24.0. The first-order valence-electron chi connectivity index (χ1n) is 26.7. The molecule has 46 heteroatoms. The first-order chi connectivity index (χ1) is 42.6. The van der Waals surface area contributed by atoms with Crippen molar-refractivity contribution in [3.05, 3.63) is 69.0 Å². The van der Waals surface area contributed by atoms with Gasteiger partial charge < -0.3 is 83.4 Å². The molecule has 0 saturated carbocycles. The summed E-state index contributed by atoms with van der Waals surface area (Å²) in [6, 6.07) is 0. The zero-order chi connectivity index (χ0) is 63.7. The first-order valence-corrected chi connectivity index (χ1v) is 38.4. The number of hydrogen-bond donors (Lipinski definition) is 12. The lowest BCUT2D eigenvalue weighted by Gasteiger charge is -2.29. The highest BCUT2D eigenvalue weighted by atomic mass is 32.7. The minimum atomic E-state index is -3.87. The molecule has 12 N–H and O–H groups in total. The minimum absolute atomic E-state index is 0.0131. The molecule has 484 valence electrons. The highest BCUT2D eigenvalue weighted by Gasteiger charge is 2.55. The number of ether oxygens (including phenoxy) is 4. The average Bonchev–Trinajstić information content (AvgIpc) is 1.65. The van der Waals surface area contributed by atoms with Crippen LogP contribution in [0.3, 0.4) is 0 Å². The Labute approximate surface area is 522 Å². The van der Waals surface area contributed by atoms with E-state index in [4.69, 9.17) is 75.1 Å². The quantitative estimate of drug-likeness (QED) is 0.0853. The van der Waals surface area contributed by atoms with Gasteiger partial charge >= 0.3 is 0 Å². The molecule has 6 saturated heterocycles. The number of nitrogens with zero attached hydrogens (tertiary/aromatic N) is 13. The summed E-state index contributed by atoms with van der Waals surface area (Å²) in [4.78, 5) is 92.2. The molecule has 4 bridgehead atoms. The summed E-state index contributed by atoms with van der Waals surface area (Å²) in [5.74, 6) is -2.05. The van der Waals surface area contributed by atoms with Crippen LogP contribution in [0.1, 0.15) is 24.9 Å². The van der Waals surface area contributed by atoms with Gasteiger partial charge in [0.05, 0.1) is 70.3 Å². The summed E-state index contributed by atoms with van der Waals surface area (Å²) in [7, 11) is 0. The number of hydrogen-bond acceptors (Lipinski definition) is 31. The van der Waals surface area contributed by atoms with E-state index in [0.29, 0.717) is 0 Å². The summed E-state index contributed by atoms with van der Waals surface area (Å²) in [5, 5.41) is 22.6. The number of H-pyrrole nitrogens is 3. The van der Waals surface area contributed by atoms with Gasteiger partial charge in [-0.15, -0.1) is 0 Å². The Bertz CT molecular complexity index is 4510. The number of thiol groups is 3. The fourth-order valence-corrected chi connectivity index (χ4v) is 18.9. The Morgan fingerprint density at radius 3 is 1.51 bits per heavy atom. The van der Waals surface area contributed by atoms with Gasteiger partial charge in [0, 0.05) is 24.2 Å². The van der Waals surface area contributed by atoms with Crippen molar-refractivity contribution in [1.82, 2.24) is 78.1 Å². The van der Waals surface area contributed by atoms with Gasteiger partial charge in [-0.2, -0.15) is 9.97 Å². The standard InChI is InChI=1S/C22H27FN10O8P2S2.C22H26FN9O9P2S2/c1-42(44)37-2-9-14(34)8(20(39-9)33-7-29-13-18(33)30-22(25)31-19(13)35)4-43(36,45)38-3-10-15(41-42)11(23)21(40-10)32-6-28-12-16(24)26-5-27-17(12)32;1-42(44)37-2-9-14(33)8(20(39-9)32-7-28-13-17(32)29-22(24)30-19(13)35)4-43(36,45)38-3-10-15(41-42)11(23)21(40-10)31-6-27-12-16(31)25-5-26-18(12)34/h5-11,14-15,20-21,34,44H,1-4H2,(H,36,45)(H2,24,26,27)(H3,25,30,31,35);5-11,14-15,20-21,33,44H,1-4H2,(H,36,45)(H,25,26,34)(H3,24,29,30,35)/t2*8-,9-,10-,11+,14+,15-,20-,21-,42?,43?/m11/s1. The minimum Gasteiger partial charge on any atom is -0.390 e. The van der Waals surface area contributed by atoms with E-state index in [2.05, 4.69) is 109 Å². The van der Waals surface area contributed by atoms with E-state index >= 15 is 8.78 Å². The molecule has 6 aliphatic rings. The fraction of sp³-hybridized carbons (Fsp3) is 0.500. The highest BCUT2D eigenvalue weighted by molar-refractivity contribution is 8.48. The SMILES string of the molecule is C=P1(S)OC[C@H]2O[C@@H](n3cnc4c(=O)[nH]c(N)nc43)[C@H](CP(=O)(S)OC[C@H]3O[C@@H](n4cnc5c(=O)[nH]cnc54)[C@@H](F)[C@@H]3O1)[C@@H]2O.C=P1(S)OC[C@H]2O[C@@H](n3cnc4c(=O)[nH]c(N)nc43)[C@H](CP(O)(=S)OC[C@H]3O[C@@H](n4cnc5c(N)ncnc54)[C@@H](F)[C@@H]3O1)[C@@H]2O. The van der Waals surface area contributed by atoms with E-state index in [0.717, 1.165) is 6.33 Å². The summed E-state index contributed by atoms with van der Waals surface area (Å²) < 4.78 is 111. The summed E-state index contributed by atoms with van der Waals surface area (Å²) in [6.45, 7) is -15.8. The number of anilines is 3. The Balaban J connectivity index is 0.000000165. The molecule has 0 aliphatic carbocycles. The molecule has 90 heavy (non-hydrogen) atoms. The molecule has 36 nitrogen and oxygen atoms in total. The number of nitrogens with two attached hydrogens (primary N) is 3. The maximum Gasteiger partial charge on any atom is 0.280 e. The van der Waals surface area contributed by atoms with Crippen LogP contribution >= 0.6 is 62.9 Å². The van der Waals surface area contributed by atoms with Crippen molar-refractivity contribution in [3.63, 3.8) is 0 Å². The van der Waals surface area contributed by atoms with Crippen molar-refractivity contribution in [2.24, 2.45) is 11.8 Å². The largest absolute Gasteiger partial charge is 0.390 e. The number of rotatable bonds is 4. The number of imidazole rings is 4. The summed E-state index contributed by atoms with van der Waals surface area (Å²) in [5.41, 5.74) is 16.4. The van der Waals surface area contributed by atoms with Crippen molar-refractivity contribution in [2.45, 2.75) is 86.1 Å². The van der Waals surface area contributed by atoms with Gasteiger partial charge in [-0.25, -0.2) is 43.7 Å². The lowest BCUT2D eigenvalue weighted by molar-refractivity contribution is -0.0463. The molecule has 14 rings (SSSR count). The Kier molecular flexibility index (Phi) is 17.0. The van der Waals surface area contributed by atoms with Crippen molar-refractivity contribution in [1.29, 1.82) is 0 Å². The monoisotopic (exact) mass is 1410 g/mol. The van der Waals surface area contributed by atoms with Crippen LogP contribution in [0.2, 0.25) is 0 Å². The zero-order valence-corrected chi connectivity index (χ0v) is 52.8. The summed E-state index contributed by atoms with van der Waals surface area (Å²) >= 11 is 18.7. The van der Waals surface area contributed by atoms with Gasteiger partial charge in [0.15, 0.2) is 89.3 Å². The number of aromatic nitrogens is 16. The Morgan fingerprint density at radius 2 is 1.00 bits per heavy atom. The maximum absolute atomic E-state index is 16.1. The smallest absolute Gasteiger partial charge is 0.280 e. The number of aliphatic hydroxyl groups is 2. The van der Waals surface area contributed by atoms with E-state index in [1.54, 1.807) is 0 Å². The van der Waals surface area contributed by atoms with Gasteiger partial charge in [0.25, 0.3) is 23.2 Å². The predicted octanol–water partition coefficient (Wildman–Crippen LogP) is 0.716. The molecule has 0 radical (unpaired) electrons. The Hall–Kier alpha value is -5.13. The summed E-state index contributed by atoms with van der Waals surface area (Å²) in [6.07, 6.45) is -3.32. The molecule has 4 unspecified atom stereocenters. The molecule has 6 aliphatic heterocycles. The van der Waals surface area contributed by atoms with E-state index in [1.807, 2.05) is 0 Å². The molecule has 6 fully saturated rings. The molecule has 0 amide bonds. The molecule has 8 aromatic rings. The van der Waals surface area contributed by atoms with Crippen LogP contribution in [0.15, 0.2) is 52.3 Å². The van der Waals surface area contributed by atoms with Crippen LogP contribution < -0.4 is 33.9 Å². The third-order valence-corrected chi connectivity index (χ3v) is 23.5. The van der Waals surface area contributed by atoms with Crippen molar-refractivity contribution < 1.29 is 74.5 Å². The Morgan fingerprint density at radius 1 is 0.578 bits per heavy atom. The molecule has 14 heterocycles. The number of nitrogens with one attached hydrogen (secondary N) is 3. The third-order valence-electron chi connectivity index (χ3n) is 15.5. The van der Waals surface area contributed by atoms with Gasteiger partial charge in [-0.05, 0) is 24.4 Å². The molecule has 0 spiro atoms. The molecule has 8 aromatic heterocycles. The molecule has 0 aromatic carbocycles. The fourth-order valence-electron chi connectivity index (χ4n) is 11.4. The van der Waals surface area contributed by atoms with Crippen LogP contribution in [0.5, 0.6) is 0 Å². The topological polar surface area (TPSA) is 482 Å². The van der Waals surface area contributed by atoms with Crippen molar-refractivity contribution in [2.75, 3.05) is 56.0 Å². The van der Waals surface area contributed by atoms with Gasteiger partial charge in [-0.3, -0.25) is 47.2 Å². The molecular formula is C44H53F2N19O17P4S4. The maximum atomic E-state index is 16.1.